The number of nitrogens with one attached hydrogen (secondary N) is 2. The van der Waals surface area contributed by atoms with Gasteiger partial charge in [-0.05, 0) is 12.5 Å². The van der Waals surface area contributed by atoms with Gasteiger partial charge < -0.3 is 20.1 Å². The molecular weight excluding hydrogens is 438 g/mol. The van der Waals surface area contributed by atoms with Gasteiger partial charge in [-0.1, -0.05) is 12.1 Å². The van der Waals surface area contributed by atoms with Crippen LogP contribution in [0.15, 0.2) is 53.1 Å². The second kappa shape index (κ2) is 12.3. The molecule has 0 saturated heterocycles. The van der Waals surface area contributed by atoms with Crippen LogP contribution in [0.25, 0.3) is 0 Å². The van der Waals surface area contributed by atoms with Crippen molar-refractivity contribution in [1.82, 2.24) is 10.6 Å². The number of esters is 1. The summed E-state index contributed by atoms with van der Waals surface area (Å²) in [7, 11) is 1.21. The second-order valence-electron chi connectivity index (χ2n) is 6.39. The monoisotopic (exact) mass is 461 g/mol. The molecule has 10 nitrogen and oxygen atoms in total. The number of carbonyl (C=O) groups is 2. The molecule has 2 N–H and O–H groups in total. The van der Waals surface area contributed by atoms with Crippen molar-refractivity contribution in [3.05, 3.63) is 68.7 Å². The molecule has 1 amide bonds. The zero-order valence-electron chi connectivity index (χ0n) is 17.6. The zero-order chi connectivity index (χ0) is 23.5. The van der Waals surface area contributed by atoms with Crippen LogP contribution in [0.4, 0.5) is 5.69 Å². The van der Waals surface area contributed by atoms with E-state index in [-0.39, 0.29) is 23.6 Å². The van der Waals surface area contributed by atoms with Gasteiger partial charge in [0.15, 0.2) is 0 Å². The highest BCUT2D eigenvalue weighted by molar-refractivity contribution is 7.99. The predicted molar refractivity (Wildman–Crippen MR) is 118 cm³/mol. The number of amides is 1. The summed E-state index contributed by atoms with van der Waals surface area (Å²) in [5.41, 5.74) is 1.13. The quantitative estimate of drug-likeness (QED) is 0.119. The van der Waals surface area contributed by atoms with E-state index in [2.05, 4.69) is 10.6 Å². The summed E-state index contributed by atoms with van der Waals surface area (Å²) in [6.45, 7) is 2.51. The summed E-state index contributed by atoms with van der Waals surface area (Å²) in [6.07, 6.45) is 1.69. The first kappa shape index (κ1) is 24.7. The van der Waals surface area contributed by atoms with Crippen LogP contribution in [0.1, 0.15) is 18.4 Å². The molecule has 1 aromatic rings. The number of rotatable bonds is 12. The van der Waals surface area contributed by atoms with Crippen LogP contribution in [-0.2, 0) is 23.9 Å². The first-order valence-electron chi connectivity index (χ1n) is 9.63. The fourth-order valence-electron chi connectivity index (χ4n) is 3.20. The smallest absolute Gasteiger partial charge is 0.336 e. The van der Waals surface area contributed by atoms with Crippen LogP contribution in [0.2, 0.25) is 0 Å². The molecule has 0 saturated carbocycles. The van der Waals surface area contributed by atoms with Gasteiger partial charge in [-0.25, -0.2) is 9.59 Å². The molecule has 1 aliphatic heterocycles. The van der Waals surface area contributed by atoms with Crippen LogP contribution in [0.5, 0.6) is 0 Å². The predicted octanol–water partition coefficient (Wildman–Crippen LogP) is 1.82. The highest BCUT2D eigenvalue weighted by Crippen LogP contribution is 2.40. The van der Waals surface area contributed by atoms with Crippen LogP contribution in [0, 0.1) is 10.1 Å². The molecule has 1 heterocycles. The standard InChI is InChI=1S/C21H23N3O7S/c1-3-31-20-17(12-32-10-8-22-13-26)23-16(7-9-25)19(21(27)30-2)18(20)14-5-4-6-15(11-14)24(28)29/h4-7,11,13,18,23H,3,8,10,12H2,1-2H3,(H,22,26). The Morgan fingerprint density at radius 2 is 2.22 bits per heavy atom. The highest BCUT2D eigenvalue weighted by Gasteiger charge is 2.37. The molecule has 2 rings (SSSR count). The number of hydrogen-bond acceptors (Lipinski definition) is 9. The third kappa shape index (κ3) is 5.99. The zero-order valence-corrected chi connectivity index (χ0v) is 18.4. The number of benzene rings is 1. The number of ether oxygens (including phenoxy) is 2. The number of carbonyl (C=O) groups excluding carboxylic acids is 3. The minimum atomic E-state index is -0.841. The van der Waals surface area contributed by atoms with Crippen LogP contribution < -0.4 is 10.6 Å². The molecule has 0 fully saturated rings. The van der Waals surface area contributed by atoms with E-state index in [0.29, 0.717) is 41.5 Å². The number of methoxy groups -OCH3 is 1. The Balaban J connectivity index is 2.63. The van der Waals surface area contributed by atoms with Gasteiger partial charge in [-0.15, -0.1) is 0 Å². The topological polar surface area (TPSA) is 137 Å². The lowest BCUT2D eigenvalue weighted by atomic mass is 9.84. The van der Waals surface area contributed by atoms with Gasteiger partial charge in [-0.3, -0.25) is 14.9 Å². The molecule has 0 aromatic heterocycles. The lowest BCUT2D eigenvalue weighted by Crippen LogP contribution is -2.32. The summed E-state index contributed by atoms with van der Waals surface area (Å²) in [5, 5.41) is 17.0. The van der Waals surface area contributed by atoms with Gasteiger partial charge in [-0.2, -0.15) is 11.8 Å². The SMILES string of the molecule is CCOC1=C(CSCCNC=O)NC(C=C=O)=C(C(=O)OC)C1c1cccc([N+](=O)[O-])c1. The van der Waals surface area contributed by atoms with Crippen LogP contribution >= 0.6 is 11.8 Å². The summed E-state index contributed by atoms with van der Waals surface area (Å²) in [4.78, 5) is 45.1. The number of nitro groups is 1. The van der Waals surface area contributed by atoms with Crippen molar-refractivity contribution < 1.29 is 28.8 Å². The first-order chi connectivity index (χ1) is 15.5. The summed E-state index contributed by atoms with van der Waals surface area (Å²) in [6, 6.07) is 5.87. The summed E-state index contributed by atoms with van der Waals surface area (Å²) >= 11 is 1.49. The molecule has 1 aliphatic rings. The number of dihydropyridines is 1. The molecule has 11 heteroatoms. The van der Waals surface area contributed by atoms with E-state index < -0.39 is 16.8 Å². The summed E-state index contributed by atoms with van der Waals surface area (Å²) in [5.74, 6) is 1.53. The first-order valence-corrected chi connectivity index (χ1v) is 10.8. The second-order valence-corrected chi connectivity index (χ2v) is 7.50. The normalized spacial score (nSPS) is 15.4. The number of nitro benzene ring substituents is 1. The Morgan fingerprint density at radius 1 is 1.44 bits per heavy atom. The number of nitrogens with zero attached hydrogens (tertiary/aromatic N) is 1. The average Bonchev–Trinajstić information content (AvgIpc) is 2.79. The highest BCUT2D eigenvalue weighted by atomic mass is 32.2. The van der Waals surface area contributed by atoms with Gasteiger partial charge in [0.1, 0.15) is 11.7 Å². The van der Waals surface area contributed by atoms with Crippen molar-refractivity contribution in [2.24, 2.45) is 0 Å². The minimum Gasteiger partial charge on any atom is -0.495 e. The van der Waals surface area contributed by atoms with Gasteiger partial charge in [0.2, 0.25) is 6.41 Å². The maximum atomic E-state index is 12.7. The number of allylic oxidation sites excluding steroid dienone is 2. The van der Waals surface area contributed by atoms with Crippen molar-refractivity contribution in [3.63, 3.8) is 0 Å². The lowest BCUT2D eigenvalue weighted by molar-refractivity contribution is -0.384. The van der Waals surface area contributed by atoms with E-state index in [9.17, 15) is 24.5 Å². The largest absolute Gasteiger partial charge is 0.495 e. The number of thioether (sulfide) groups is 1. The Hall–Kier alpha value is -3.56. The third-order valence-electron chi connectivity index (χ3n) is 4.47. The fraction of sp³-hybridized carbons (Fsp3) is 0.333. The van der Waals surface area contributed by atoms with Crippen LogP contribution in [-0.4, -0.2) is 55.0 Å². The maximum Gasteiger partial charge on any atom is 0.336 e. The van der Waals surface area contributed by atoms with E-state index in [1.54, 1.807) is 18.9 Å². The Kier molecular flexibility index (Phi) is 9.52. The van der Waals surface area contributed by atoms with Crippen molar-refractivity contribution in [2.45, 2.75) is 12.8 Å². The molecule has 0 bridgehead atoms. The van der Waals surface area contributed by atoms with E-state index in [1.165, 1.54) is 37.1 Å². The minimum absolute atomic E-state index is 0.0798. The molecule has 32 heavy (non-hydrogen) atoms. The number of hydrogen-bond donors (Lipinski definition) is 2. The van der Waals surface area contributed by atoms with Gasteiger partial charge in [0.25, 0.3) is 5.69 Å². The van der Waals surface area contributed by atoms with Crippen molar-refractivity contribution >= 4 is 35.8 Å². The Labute approximate surface area is 188 Å². The van der Waals surface area contributed by atoms with Gasteiger partial charge in [0.05, 0.1) is 41.5 Å². The molecule has 0 aliphatic carbocycles. The van der Waals surface area contributed by atoms with E-state index in [0.717, 1.165) is 6.08 Å². The van der Waals surface area contributed by atoms with Crippen molar-refractivity contribution in [1.29, 1.82) is 0 Å². The fourth-order valence-corrected chi connectivity index (χ4v) is 4.02. The lowest BCUT2D eigenvalue weighted by Gasteiger charge is -2.31. The average molecular weight is 461 g/mol. The van der Waals surface area contributed by atoms with E-state index >= 15 is 0 Å². The van der Waals surface area contributed by atoms with Crippen molar-refractivity contribution in [3.8, 4) is 0 Å². The van der Waals surface area contributed by atoms with Gasteiger partial charge in [0, 0.05) is 36.3 Å². The third-order valence-corrected chi connectivity index (χ3v) is 5.45. The van der Waals surface area contributed by atoms with Crippen molar-refractivity contribution in [2.75, 3.05) is 31.8 Å². The van der Waals surface area contributed by atoms with Crippen LogP contribution in [0.3, 0.4) is 0 Å². The van der Waals surface area contributed by atoms with Gasteiger partial charge >= 0.3 is 5.97 Å². The molecule has 1 unspecified atom stereocenters. The Bertz CT molecular complexity index is 983. The molecule has 170 valence electrons. The van der Waals surface area contributed by atoms with E-state index in [4.69, 9.17) is 9.47 Å². The molecule has 0 spiro atoms. The maximum absolute atomic E-state index is 12.7. The number of non-ortho nitro benzene ring substituents is 1. The molecular formula is C21H23N3O7S. The Morgan fingerprint density at radius 3 is 2.84 bits per heavy atom. The van der Waals surface area contributed by atoms with E-state index in [1.807, 2.05) is 0 Å². The molecule has 1 atom stereocenters. The summed E-state index contributed by atoms with van der Waals surface area (Å²) < 4.78 is 10.8. The molecule has 0 radical (unpaired) electrons. The molecule has 1 aromatic carbocycles.